The fourth-order valence-electron chi connectivity index (χ4n) is 2.85. The normalized spacial score (nSPS) is 12.0. The Morgan fingerprint density at radius 1 is 1.10 bits per heavy atom. The molecule has 0 aliphatic heterocycles. The number of nitrogens with zero attached hydrogens (tertiary/aromatic N) is 5. The van der Waals surface area contributed by atoms with E-state index in [4.69, 9.17) is 15.4 Å². The summed E-state index contributed by atoms with van der Waals surface area (Å²) in [6.45, 7) is 1.95. The van der Waals surface area contributed by atoms with Crippen molar-refractivity contribution in [1.82, 2.24) is 9.66 Å². The van der Waals surface area contributed by atoms with E-state index >= 15 is 0 Å². The molecule has 2 aromatic heterocycles. The van der Waals surface area contributed by atoms with Gasteiger partial charge < -0.3 is 0 Å². The van der Waals surface area contributed by atoms with Crippen LogP contribution in [-0.4, -0.2) is 15.4 Å². The van der Waals surface area contributed by atoms with Gasteiger partial charge in [-0.3, -0.25) is 4.98 Å². The number of aromatic nitrogens is 2. The maximum atomic E-state index is 9.03. The van der Waals surface area contributed by atoms with E-state index in [1.165, 1.54) is 11.3 Å². The van der Waals surface area contributed by atoms with Gasteiger partial charge in [-0.2, -0.15) is 10.4 Å². The van der Waals surface area contributed by atoms with E-state index in [1.807, 2.05) is 65.5 Å². The van der Waals surface area contributed by atoms with Crippen molar-refractivity contribution in [2.45, 2.75) is 6.92 Å². The number of halogens is 1. The number of rotatable bonds is 4. The third-order valence-corrected chi connectivity index (χ3v) is 5.90. The van der Waals surface area contributed by atoms with Crippen molar-refractivity contribution in [3.63, 3.8) is 0 Å². The van der Waals surface area contributed by atoms with Crippen molar-refractivity contribution in [3.8, 4) is 17.3 Å². The van der Waals surface area contributed by atoms with Crippen molar-refractivity contribution >= 4 is 38.7 Å². The van der Waals surface area contributed by atoms with Crippen LogP contribution in [0.25, 0.3) is 11.3 Å². The summed E-state index contributed by atoms with van der Waals surface area (Å²) in [6, 6.07) is 21.3. The van der Waals surface area contributed by atoms with E-state index in [1.54, 1.807) is 24.5 Å². The number of hydrogen-bond acceptors (Lipinski definition) is 5. The Labute approximate surface area is 186 Å². The van der Waals surface area contributed by atoms with Gasteiger partial charge in [0.1, 0.15) is 0 Å². The average Bonchev–Trinajstić information content (AvgIpc) is 3.16. The Bertz CT molecular complexity index is 1310. The molecule has 0 spiro atoms. The zero-order valence-corrected chi connectivity index (χ0v) is 18.4. The highest BCUT2D eigenvalue weighted by atomic mass is 79.9. The maximum absolute atomic E-state index is 9.03. The van der Waals surface area contributed by atoms with Gasteiger partial charge in [0.25, 0.3) is 0 Å². The molecular formula is C23H16BrN5S. The second-order valence-corrected chi connectivity index (χ2v) is 8.08. The first-order chi connectivity index (χ1) is 14.7. The van der Waals surface area contributed by atoms with Gasteiger partial charge in [0.15, 0.2) is 0 Å². The van der Waals surface area contributed by atoms with Crippen LogP contribution in [0.1, 0.15) is 18.1 Å². The lowest BCUT2D eigenvalue weighted by atomic mass is 10.1. The summed E-state index contributed by atoms with van der Waals surface area (Å²) in [7, 11) is 0. The molecule has 0 aliphatic carbocycles. The quantitative estimate of drug-likeness (QED) is 0.354. The van der Waals surface area contributed by atoms with Gasteiger partial charge in [0.2, 0.25) is 4.80 Å². The summed E-state index contributed by atoms with van der Waals surface area (Å²) in [5.74, 6) is 0. The topological polar surface area (TPSA) is 66.3 Å². The second-order valence-electron chi connectivity index (χ2n) is 6.39. The van der Waals surface area contributed by atoms with Crippen LogP contribution in [0, 0.1) is 11.3 Å². The van der Waals surface area contributed by atoms with Crippen molar-refractivity contribution < 1.29 is 0 Å². The van der Waals surface area contributed by atoms with Gasteiger partial charge in [0, 0.05) is 21.6 Å². The largest absolute Gasteiger partial charge is 0.262 e. The van der Waals surface area contributed by atoms with E-state index < -0.39 is 0 Å². The summed E-state index contributed by atoms with van der Waals surface area (Å²) < 4.78 is 2.83. The molecule has 7 heteroatoms. The van der Waals surface area contributed by atoms with Gasteiger partial charge in [-0.05, 0) is 42.8 Å². The Hall–Kier alpha value is -3.34. The highest BCUT2D eigenvalue weighted by Crippen LogP contribution is 2.28. The minimum absolute atomic E-state index is 0.621. The maximum Gasteiger partial charge on any atom is 0.211 e. The van der Waals surface area contributed by atoms with Gasteiger partial charge in [-0.1, -0.05) is 46.3 Å². The van der Waals surface area contributed by atoms with Crippen LogP contribution in [0.5, 0.6) is 0 Å². The SMILES string of the molecule is CC(=Nn1c(-c2ccccc2Br)csc1=Nc1cccnc1)c1ccc(C#N)cc1. The van der Waals surface area contributed by atoms with Crippen LogP contribution in [0.3, 0.4) is 0 Å². The molecule has 0 atom stereocenters. The number of hydrogen-bond donors (Lipinski definition) is 0. The lowest BCUT2D eigenvalue weighted by molar-refractivity contribution is 0.847. The molecular weight excluding hydrogens is 458 g/mol. The predicted octanol–water partition coefficient (Wildman–Crippen LogP) is 5.75. The monoisotopic (exact) mass is 473 g/mol. The molecule has 2 aromatic carbocycles. The van der Waals surface area contributed by atoms with Gasteiger partial charge >= 0.3 is 0 Å². The highest BCUT2D eigenvalue weighted by Gasteiger charge is 2.11. The van der Waals surface area contributed by atoms with Crippen LogP contribution < -0.4 is 4.80 Å². The summed E-state index contributed by atoms with van der Waals surface area (Å²) in [6.07, 6.45) is 3.45. The first-order valence-corrected chi connectivity index (χ1v) is 10.8. The molecule has 2 heterocycles. The molecule has 4 aromatic rings. The van der Waals surface area contributed by atoms with Crippen LogP contribution in [0.4, 0.5) is 5.69 Å². The summed E-state index contributed by atoms with van der Waals surface area (Å²) in [5.41, 5.74) is 5.10. The van der Waals surface area contributed by atoms with E-state index in [2.05, 4.69) is 27.0 Å². The van der Waals surface area contributed by atoms with Crippen LogP contribution in [0.15, 0.2) is 93.0 Å². The molecule has 4 rings (SSSR count). The predicted molar refractivity (Wildman–Crippen MR) is 124 cm³/mol. The number of nitriles is 1. The summed E-state index contributed by atoms with van der Waals surface area (Å²) >= 11 is 5.16. The smallest absolute Gasteiger partial charge is 0.211 e. The lowest BCUT2D eigenvalue weighted by Crippen LogP contribution is -2.14. The van der Waals surface area contributed by atoms with E-state index in [0.717, 1.165) is 37.5 Å². The summed E-state index contributed by atoms with van der Waals surface area (Å²) in [4.78, 5) is 9.63. The molecule has 0 N–H and O–H groups in total. The first-order valence-electron chi connectivity index (χ1n) is 9.12. The Morgan fingerprint density at radius 3 is 2.60 bits per heavy atom. The summed E-state index contributed by atoms with van der Waals surface area (Å²) in [5, 5.41) is 16.0. The number of benzene rings is 2. The van der Waals surface area contributed by atoms with E-state index in [0.29, 0.717) is 5.56 Å². The van der Waals surface area contributed by atoms with Gasteiger partial charge in [-0.15, -0.1) is 11.3 Å². The minimum atomic E-state index is 0.621. The van der Waals surface area contributed by atoms with Crippen molar-refractivity contribution in [2.75, 3.05) is 0 Å². The molecule has 30 heavy (non-hydrogen) atoms. The lowest BCUT2D eigenvalue weighted by Gasteiger charge is -2.08. The molecule has 0 aliphatic rings. The Kier molecular flexibility index (Phi) is 5.98. The fraction of sp³-hybridized carbons (Fsp3) is 0.0435. The molecule has 0 fully saturated rings. The van der Waals surface area contributed by atoms with Crippen molar-refractivity contribution in [1.29, 1.82) is 5.26 Å². The molecule has 5 nitrogen and oxygen atoms in total. The molecule has 0 bridgehead atoms. The molecule has 0 unspecified atom stereocenters. The van der Waals surface area contributed by atoms with Crippen molar-refractivity contribution in [3.05, 3.63) is 98.8 Å². The van der Waals surface area contributed by atoms with Gasteiger partial charge in [-0.25, -0.2) is 9.67 Å². The molecule has 0 radical (unpaired) electrons. The highest BCUT2D eigenvalue weighted by molar-refractivity contribution is 9.10. The van der Waals surface area contributed by atoms with Crippen LogP contribution in [-0.2, 0) is 0 Å². The van der Waals surface area contributed by atoms with E-state index in [9.17, 15) is 0 Å². The molecule has 0 saturated carbocycles. The fourth-order valence-corrected chi connectivity index (χ4v) is 4.18. The Balaban J connectivity index is 1.89. The molecule has 0 saturated heterocycles. The average molecular weight is 474 g/mol. The molecule has 146 valence electrons. The third-order valence-electron chi connectivity index (χ3n) is 4.39. The van der Waals surface area contributed by atoms with Gasteiger partial charge in [0.05, 0.1) is 34.9 Å². The standard InChI is InChI=1S/C23H16BrN5S/c1-16(18-10-8-17(13-25)9-11-18)28-29-22(20-6-2-3-7-21(20)24)15-30-23(29)27-19-5-4-12-26-14-19/h2-12,14-15H,1H3. The second kappa shape index (κ2) is 8.99. The number of thiazole rings is 1. The van der Waals surface area contributed by atoms with Crippen molar-refractivity contribution in [2.24, 2.45) is 10.1 Å². The number of pyridine rings is 1. The van der Waals surface area contributed by atoms with Crippen LogP contribution in [0.2, 0.25) is 0 Å². The van der Waals surface area contributed by atoms with E-state index in [-0.39, 0.29) is 0 Å². The third kappa shape index (κ3) is 4.30. The zero-order chi connectivity index (χ0) is 20.9. The first kappa shape index (κ1) is 20.0. The zero-order valence-electron chi connectivity index (χ0n) is 16.0. The molecule has 0 amide bonds. The minimum Gasteiger partial charge on any atom is -0.262 e. The Morgan fingerprint density at radius 2 is 1.90 bits per heavy atom. The van der Waals surface area contributed by atoms with Crippen LogP contribution >= 0.6 is 27.3 Å².